The van der Waals surface area contributed by atoms with E-state index in [-0.39, 0.29) is 10.8 Å². The van der Waals surface area contributed by atoms with Crippen LogP contribution in [0.5, 0.6) is 5.75 Å². The van der Waals surface area contributed by atoms with Crippen molar-refractivity contribution in [1.82, 2.24) is 14.5 Å². The van der Waals surface area contributed by atoms with Crippen LogP contribution in [0.2, 0.25) is 5.02 Å². The van der Waals surface area contributed by atoms with Gasteiger partial charge in [-0.1, -0.05) is 11.6 Å². The Balaban J connectivity index is 2.00. The van der Waals surface area contributed by atoms with Gasteiger partial charge in [-0.05, 0) is 48.6 Å². The number of H-pyrrole nitrogens is 1. The number of benzene rings is 1. The summed E-state index contributed by atoms with van der Waals surface area (Å²) >= 11 is 11.6. The first-order valence-corrected chi connectivity index (χ1v) is 11.1. The van der Waals surface area contributed by atoms with Gasteiger partial charge in [-0.25, -0.2) is 13.8 Å². The highest BCUT2D eigenvalue weighted by atomic mass is 35.5. The van der Waals surface area contributed by atoms with Gasteiger partial charge in [0.25, 0.3) is 5.56 Å². The van der Waals surface area contributed by atoms with Crippen molar-refractivity contribution in [2.45, 2.75) is 13.8 Å². The average Bonchev–Trinajstić information content (AvgIpc) is 3.17. The van der Waals surface area contributed by atoms with E-state index < -0.39 is 17.1 Å². The molecule has 6 nitrogen and oxygen atoms in total. The Labute approximate surface area is 196 Å². The van der Waals surface area contributed by atoms with Gasteiger partial charge in [-0.3, -0.25) is 9.78 Å². The van der Waals surface area contributed by atoms with Crippen LogP contribution in [0, 0.1) is 12.7 Å². The summed E-state index contributed by atoms with van der Waals surface area (Å²) in [4.78, 5) is 33.8. The number of methoxy groups -OCH3 is 1. The summed E-state index contributed by atoms with van der Waals surface area (Å²) in [5.74, 6) is -0.567. The lowest BCUT2D eigenvalue weighted by atomic mass is 10.0. The molecule has 3 heterocycles. The first-order chi connectivity index (χ1) is 15.3. The molecule has 0 aliphatic heterocycles. The van der Waals surface area contributed by atoms with Gasteiger partial charge in [0.15, 0.2) is 11.6 Å². The molecule has 0 radical (unpaired) electrons. The number of hydrogen-bond acceptors (Lipinski definition) is 6. The smallest absolute Gasteiger partial charge is 0.333 e. The number of pyridine rings is 1. The van der Waals surface area contributed by atoms with Crippen LogP contribution in [0.1, 0.15) is 18.1 Å². The number of aromatic amines is 1. The van der Waals surface area contributed by atoms with Gasteiger partial charge < -0.3 is 9.72 Å². The molecule has 1 N–H and O–H groups in total. The van der Waals surface area contributed by atoms with Crippen LogP contribution < -0.4 is 16.0 Å². The summed E-state index contributed by atoms with van der Waals surface area (Å²) in [6.45, 7) is 3.68. The van der Waals surface area contributed by atoms with Crippen molar-refractivity contribution >= 4 is 51.4 Å². The van der Waals surface area contributed by atoms with E-state index >= 15 is 0 Å². The van der Waals surface area contributed by atoms with E-state index in [0.717, 1.165) is 33.1 Å². The quantitative estimate of drug-likeness (QED) is 0.386. The normalized spacial score (nSPS) is 11.9. The second kappa shape index (κ2) is 8.57. The molecule has 0 aliphatic rings. The van der Waals surface area contributed by atoms with Gasteiger partial charge in [0, 0.05) is 22.2 Å². The van der Waals surface area contributed by atoms with Crippen molar-refractivity contribution in [3.05, 3.63) is 78.8 Å². The van der Waals surface area contributed by atoms with Crippen LogP contribution in [0.3, 0.4) is 0 Å². The van der Waals surface area contributed by atoms with Gasteiger partial charge in [0.1, 0.15) is 4.70 Å². The molecule has 0 spiro atoms. The molecule has 0 atom stereocenters. The number of halogens is 2. The number of aryl methyl sites for hydroxylation is 1. The van der Waals surface area contributed by atoms with Gasteiger partial charge in [0.05, 0.1) is 29.5 Å². The fourth-order valence-electron chi connectivity index (χ4n) is 3.53. The summed E-state index contributed by atoms with van der Waals surface area (Å²) < 4.78 is 20.4. The van der Waals surface area contributed by atoms with Crippen molar-refractivity contribution in [2.75, 3.05) is 7.11 Å². The van der Waals surface area contributed by atoms with Crippen LogP contribution in [0.15, 0.2) is 45.6 Å². The Morgan fingerprint density at radius 2 is 2.06 bits per heavy atom. The summed E-state index contributed by atoms with van der Waals surface area (Å²) in [5.41, 5.74) is 2.40. The fraction of sp³-hybridized carbons (Fsp3) is 0.136. The number of thiol groups is 1. The zero-order valence-corrected chi connectivity index (χ0v) is 19.7. The SMILES string of the molecule is COc1cc(-c2cc3[nH]c(=O)n(-c4cncc(C)c4/C(C)=C\S)c(=O)c3s2)c(Cl)cc1F. The molecular formula is C22H17ClFN3O3S2. The summed E-state index contributed by atoms with van der Waals surface area (Å²) in [6, 6.07) is 4.25. The largest absolute Gasteiger partial charge is 0.494 e. The van der Waals surface area contributed by atoms with Crippen molar-refractivity contribution in [2.24, 2.45) is 0 Å². The van der Waals surface area contributed by atoms with Gasteiger partial charge >= 0.3 is 5.69 Å². The number of rotatable bonds is 4. The first kappa shape index (κ1) is 22.3. The van der Waals surface area contributed by atoms with Gasteiger partial charge in [0.2, 0.25) is 0 Å². The molecule has 4 aromatic rings. The second-order valence-corrected chi connectivity index (χ2v) is 8.77. The van der Waals surface area contributed by atoms with Crippen LogP contribution >= 0.6 is 35.6 Å². The van der Waals surface area contributed by atoms with E-state index in [1.54, 1.807) is 17.7 Å². The standard InChI is InChI=1S/C22H17ClFN3O3S2/c1-10-7-25-8-16(19(10)11(2)9-31)27-21(28)20-15(26-22(27)29)6-18(32-20)12-4-17(30-3)14(24)5-13(12)23/h4-9,31H,1-3H3,(H,26,29)/b11-9-. The molecule has 3 aromatic heterocycles. The molecule has 0 fully saturated rings. The number of aromatic nitrogens is 3. The maximum atomic E-state index is 14.0. The third kappa shape index (κ3) is 3.66. The van der Waals surface area contributed by atoms with E-state index in [1.165, 1.54) is 19.4 Å². The zero-order valence-electron chi connectivity index (χ0n) is 17.2. The van der Waals surface area contributed by atoms with Crippen molar-refractivity contribution in [1.29, 1.82) is 0 Å². The minimum atomic E-state index is -0.602. The number of fused-ring (bicyclic) bond motifs is 1. The number of ether oxygens (including phenoxy) is 1. The average molecular weight is 490 g/mol. The van der Waals surface area contributed by atoms with E-state index in [2.05, 4.69) is 22.6 Å². The zero-order chi connectivity index (χ0) is 23.2. The predicted octanol–water partition coefficient (Wildman–Crippen LogP) is 5.20. The Kier molecular flexibility index (Phi) is 5.98. The molecule has 0 bridgehead atoms. The Bertz CT molecular complexity index is 1520. The van der Waals surface area contributed by atoms with Crippen LogP contribution in [0.4, 0.5) is 4.39 Å². The summed E-state index contributed by atoms with van der Waals surface area (Å²) in [5, 5.41) is 1.77. The fourth-order valence-corrected chi connectivity index (χ4v) is 5.04. The maximum Gasteiger partial charge on any atom is 0.333 e. The first-order valence-electron chi connectivity index (χ1n) is 9.35. The third-order valence-corrected chi connectivity index (χ3v) is 6.88. The van der Waals surface area contributed by atoms with Crippen LogP contribution in [0.25, 0.3) is 31.9 Å². The Hall–Kier alpha value is -2.88. The van der Waals surface area contributed by atoms with Crippen LogP contribution in [-0.4, -0.2) is 21.6 Å². The molecule has 164 valence electrons. The third-order valence-electron chi connectivity index (χ3n) is 5.03. The van der Waals surface area contributed by atoms with Gasteiger partial charge in [-0.2, -0.15) is 12.6 Å². The molecule has 4 rings (SSSR count). The van der Waals surface area contributed by atoms with Gasteiger partial charge in [-0.15, -0.1) is 11.3 Å². The highest BCUT2D eigenvalue weighted by Crippen LogP contribution is 2.38. The highest BCUT2D eigenvalue weighted by Gasteiger charge is 2.19. The number of allylic oxidation sites excluding steroid dienone is 1. The van der Waals surface area contributed by atoms with E-state index in [9.17, 15) is 14.0 Å². The molecule has 0 saturated heterocycles. The predicted molar refractivity (Wildman–Crippen MR) is 130 cm³/mol. The lowest BCUT2D eigenvalue weighted by Gasteiger charge is -2.13. The topological polar surface area (TPSA) is 77.0 Å². The molecule has 0 amide bonds. The molecule has 1 aromatic carbocycles. The van der Waals surface area contributed by atoms with Crippen molar-refractivity contribution < 1.29 is 9.13 Å². The Morgan fingerprint density at radius 3 is 2.75 bits per heavy atom. The summed E-state index contributed by atoms with van der Waals surface area (Å²) in [6.07, 6.45) is 3.13. The van der Waals surface area contributed by atoms with Crippen molar-refractivity contribution in [3.8, 4) is 21.9 Å². The number of nitrogens with one attached hydrogen (secondary N) is 1. The molecule has 10 heteroatoms. The monoisotopic (exact) mass is 489 g/mol. The number of nitrogens with zero attached hydrogens (tertiary/aromatic N) is 2. The number of hydrogen-bond donors (Lipinski definition) is 2. The molecule has 0 saturated carbocycles. The lowest BCUT2D eigenvalue weighted by Crippen LogP contribution is -2.33. The Morgan fingerprint density at radius 1 is 1.31 bits per heavy atom. The lowest BCUT2D eigenvalue weighted by molar-refractivity contribution is 0.387. The van der Waals surface area contributed by atoms with E-state index in [0.29, 0.717) is 31.9 Å². The highest BCUT2D eigenvalue weighted by molar-refractivity contribution is 7.83. The number of thiophene rings is 1. The molecule has 0 aliphatic carbocycles. The molecule has 32 heavy (non-hydrogen) atoms. The summed E-state index contributed by atoms with van der Waals surface area (Å²) in [7, 11) is 1.35. The van der Waals surface area contributed by atoms with Crippen LogP contribution in [-0.2, 0) is 0 Å². The minimum Gasteiger partial charge on any atom is -0.494 e. The van der Waals surface area contributed by atoms with E-state index in [4.69, 9.17) is 16.3 Å². The minimum absolute atomic E-state index is 0.0252. The van der Waals surface area contributed by atoms with E-state index in [1.807, 2.05) is 13.8 Å². The molecular weight excluding hydrogens is 473 g/mol. The second-order valence-electron chi connectivity index (χ2n) is 7.05. The molecule has 0 unspecified atom stereocenters. The van der Waals surface area contributed by atoms with Crippen molar-refractivity contribution in [3.63, 3.8) is 0 Å². The maximum absolute atomic E-state index is 14.0.